The Morgan fingerprint density at radius 1 is 0.915 bits per heavy atom. The maximum Gasteiger partial charge on any atom is 0.326 e. The van der Waals surface area contributed by atoms with Gasteiger partial charge in [-0.1, -0.05) is 18.2 Å². The lowest BCUT2D eigenvalue weighted by molar-refractivity contribution is -0.144. The smallest absolute Gasteiger partial charge is 0.326 e. The molecule has 1 fully saturated rings. The monoisotopic (exact) mass is 649 g/mol. The molecule has 0 radical (unpaired) electrons. The summed E-state index contributed by atoms with van der Waals surface area (Å²) in [4.78, 5) is 45.9. The van der Waals surface area contributed by atoms with Crippen molar-refractivity contribution in [2.45, 2.75) is 20.8 Å². The molecule has 0 atom stereocenters. The molecule has 0 spiro atoms. The number of anilines is 3. The molecule has 1 aliphatic heterocycles. The minimum atomic E-state index is -0.390. The van der Waals surface area contributed by atoms with Crippen molar-refractivity contribution in [3.05, 3.63) is 78.1 Å². The number of piperazine rings is 1. The maximum absolute atomic E-state index is 13.7. The number of para-hydroxylation sites is 1. The van der Waals surface area contributed by atoms with Crippen molar-refractivity contribution in [3.63, 3.8) is 0 Å². The lowest BCUT2D eigenvalue weighted by atomic mass is 10.2. The van der Waals surface area contributed by atoms with Crippen molar-refractivity contribution in [2.75, 3.05) is 87.8 Å². The number of urea groups is 1. The average molecular weight is 650 g/mol. The zero-order valence-electron chi connectivity index (χ0n) is 27.5. The van der Waals surface area contributed by atoms with Gasteiger partial charge in [0.2, 0.25) is 5.91 Å². The molecule has 11 nitrogen and oxygen atoms in total. The molecule has 4 rings (SSSR count). The Hall–Kier alpha value is -4.68. The number of hydrogen-bond acceptors (Lipinski definition) is 8. The van der Waals surface area contributed by atoms with Gasteiger partial charge in [-0.25, -0.2) is 9.18 Å². The van der Waals surface area contributed by atoms with Crippen molar-refractivity contribution in [1.29, 1.82) is 0 Å². The lowest BCUT2D eigenvalue weighted by Crippen LogP contribution is -2.50. The van der Waals surface area contributed by atoms with Gasteiger partial charge >= 0.3 is 12.0 Å². The summed E-state index contributed by atoms with van der Waals surface area (Å²) >= 11 is 0. The Labute approximate surface area is 275 Å². The Morgan fingerprint density at radius 3 is 2.28 bits per heavy atom. The molecule has 3 aromatic carbocycles. The van der Waals surface area contributed by atoms with Gasteiger partial charge in [0, 0.05) is 63.6 Å². The van der Waals surface area contributed by atoms with Crippen molar-refractivity contribution in [2.24, 2.45) is 0 Å². The highest BCUT2D eigenvalue weighted by Crippen LogP contribution is 2.34. The third-order valence-electron chi connectivity index (χ3n) is 7.94. The van der Waals surface area contributed by atoms with E-state index in [4.69, 9.17) is 14.2 Å². The molecule has 1 aliphatic rings. The van der Waals surface area contributed by atoms with Gasteiger partial charge in [0.1, 0.15) is 23.9 Å². The molecule has 3 amide bonds. The Morgan fingerprint density at radius 2 is 1.62 bits per heavy atom. The summed E-state index contributed by atoms with van der Waals surface area (Å²) in [6.45, 7) is 10.3. The molecular weight excluding hydrogens is 605 g/mol. The second kappa shape index (κ2) is 17.3. The molecule has 0 aliphatic carbocycles. The van der Waals surface area contributed by atoms with Gasteiger partial charge < -0.3 is 24.4 Å². The first-order valence-electron chi connectivity index (χ1n) is 15.8. The van der Waals surface area contributed by atoms with Crippen LogP contribution in [0.3, 0.4) is 0 Å². The van der Waals surface area contributed by atoms with E-state index in [2.05, 4.69) is 15.1 Å². The van der Waals surface area contributed by atoms with E-state index in [0.717, 1.165) is 31.7 Å². The number of halogens is 1. The fourth-order valence-corrected chi connectivity index (χ4v) is 5.34. The Balaban J connectivity index is 1.47. The summed E-state index contributed by atoms with van der Waals surface area (Å²) in [6, 6.07) is 18.1. The normalized spacial score (nSPS) is 13.5. The number of nitrogens with one attached hydrogen (secondary N) is 1. The van der Waals surface area contributed by atoms with Crippen LogP contribution in [-0.4, -0.2) is 100 Å². The number of rotatable bonds is 14. The number of carbonyl (C=O) groups is 3. The van der Waals surface area contributed by atoms with Crippen LogP contribution in [0, 0.1) is 12.7 Å². The highest BCUT2D eigenvalue weighted by Gasteiger charge is 2.24. The second-order valence-electron chi connectivity index (χ2n) is 11.1. The van der Waals surface area contributed by atoms with Crippen molar-refractivity contribution in [1.82, 2.24) is 9.80 Å². The molecule has 0 unspecified atom stereocenters. The minimum Gasteiger partial charge on any atom is -0.494 e. The fraction of sp³-hybridized carbons (Fsp3) is 0.400. The van der Waals surface area contributed by atoms with Gasteiger partial charge in [-0.15, -0.1) is 0 Å². The van der Waals surface area contributed by atoms with E-state index in [9.17, 15) is 18.8 Å². The SMILES string of the molecule is CCOC(=O)CN1CCN(CCN(C(C)=O)c2ccc(N(CCOc3ccc(F)cc3)C(=O)Nc3ccccc3C)c(OC)c2)CC1. The van der Waals surface area contributed by atoms with Gasteiger partial charge in [0.05, 0.1) is 32.5 Å². The van der Waals surface area contributed by atoms with Crippen molar-refractivity contribution >= 4 is 35.0 Å². The molecule has 1 saturated heterocycles. The third kappa shape index (κ3) is 10.2. The summed E-state index contributed by atoms with van der Waals surface area (Å²) in [6.07, 6.45) is 0. The molecule has 47 heavy (non-hydrogen) atoms. The number of esters is 1. The fourth-order valence-electron chi connectivity index (χ4n) is 5.34. The van der Waals surface area contributed by atoms with E-state index in [1.165, 1.54) is 43.2 Å². The van der Waals surface area contributed by atoms with Crippen LogP contribution < -0.4 is 24.6 Å². The van der Waals surface area contributed by atoms with E-state index in [1.54, 1.807) is 30.0 Å². The summed E-state index contributed by atoms with van der Waals surface area (Å²) in [5.41, 5.74) is 2.71. The number of amides is 3. The van der Waals surface area contributed by atoms with Crippen LogP contribution in [0.5, 0.6) is 11.5 Å². The third-order valence-corrected chi connectivity index (χ3v) is 7.94. The number of carbonyl (C=O) groups excluding carboxylic acids is 3. The summed E-state index contributed by atoms with van der Waals surface area (Å²) in [5.74, 6) is 0.179. The van der Waals surface area contributed by atoms with Gasteiger partial charge in [-0.3, -0.25) is 24.3 Å². The lowest BCUT2D eigenvalue weighted by Gasteiger charge is -2.35. The zero-order valence-corrected chi connectivity index (χ0v) is 27.5. The number of nitrogens with zero attached hydrogens (tertiary/aromatic N) is 4. The van der Waals surface area contributed by atoms with Gasteiger partial charge in [0.25, 0.3) is 0 Å². The second-order valence-corrected chi connectivity index (χ2v) is 11.1. The highest BCUT2D eigenvalue weighted by atomic mass is 19.1. The Kier molecular flexibility index (Phi) is 12.9. The number of aryl methyl sites for hydroxylation is 1. The first-order chi connectivity index (χ1) is 22.7. The summed E-state index contributed by atoms with van der Waals surface area (Å²) < 4.78 is 30.0. The van der Waals surface area contributed by atoms with Crippen LogP contribution in [0.15, 0.2) is 66.7 Å². The first kappa shape index (κ1) is 35.2. The van der Waals surface area contributed by atoms with Crippen LogP contribution in [0.1, 0.15) is 19.4 Å². The van der Waals surface area contributed by atoms with Crippen molar-refractivity contribution in [3.8, 4) is 11.5 Å². The largest absolute Gasteiger partial charge is 0.494 e. The molecule has 0 saturated carbocycles. The van der Waals surface area contributed by atoms with Crippen LogP contribution in [0.2, 0.25) is 0 Å². The molecule has 3 aromatic rings. The predicted molar refractivity (Wildman–Crippen MR) is 180 cm³/mol. The van der Waals surface area contributed by atoms with Gasteiger partial charge in [-0.2, -0.15) is 0 Å². The van der Waals surface area contributed by atoms with E-state index in [1.807, 2.05) is 31.2 Å². The molecular formula is C35H44FN5O6. The van der Waals surface area contributed by atoms with E-state index >= 15 is 0 Å². The minimum absolute atomic E-state index is 0.123. The molecule has 0 bridgehead atoms. The van der Waals surface area contributed by atoms with E-state index < -0.39 is 6.03 Å². The van der Waals surface area contributed by atoms with Crippen LogP contribution in [0.4, 0.5) is 26.2 Å². The van der Waals surface area contributed by atoms with Gasteiger partial charge in [-0.05, 0) is 61.9 Å². The van der Waals surface area contributed by atoms with Gasteiger partial charge in [0.15, 0.2) is 0 Å². The molecule has 252 valence electrons. The van der Waals surface area contributed by atoms with E-state index in [0.29, 0.717) is 48.3 Å². The average Bonchev–Trinajstić information content (AvgIpc) is 3.06. The highest BCUT2D eigenvalue weighted by molar-refractivity contribution is 6.03. The van der Waals surface area contributed by atoms with E-state index in [-0.39, 0.29) is 37.4 Å². The van der Waals surface area contributed by atoms with Crippen LogP contribution >= 0.6 is 0 Å². The summed E-state index contributed by atoms with van der Waals surface area (Å²) in [5, 5.41) is 2.98. The number of ether oxygens (including phenoxy) is 3. The predicted octanol–water partition coefficient (Wildman–Crippen LogP) is 4.79. The van der Waals surface area contributed by atoms with Crippen molar-refractivity contribution < 1.29 is 33.0 Å². The quantitative estimate of drug-likeness (QED) is 0.249. The van der Waals surface area contributed by atoms with Crippen LogP contribution in [-0.2, 0) is 14.3 Å². The topological polar surface area (TPSA) is 104 Å². The van der Waals surface area contributed by atoms with Crippen LogP contribution in [0.25, 0.3) is 0 Å². The first-order valence-corrected chi connectivity index (χ1v) is 15.8. The number of hydrogen-bond donors (Lipinski definition) is 1. The number of methoxy groups -OCH3 is 1. The number of benzene rings is 3. The standard InChI is InChI=1S/C35H44FN5O6/c1-5-46-34(43)25-39-18-16-38(17-19-39)20-21-40(27(3)42)29-12-15-32(33(24-29)45-4)41(22-23-47-30-13-10-28(36)11-14-30)35(44)37-31-9-7-6-8-26(31)2/h6-15,24H,5,16-23,25H2,1-4H3,(H,37,44). The zero-order chi connectivity index (χ0) is 33.8. The molecule has 1 N–H and O–H groups in total. The molecule has 12 heteroatoms. The maximum atomic E-state index is 13.7. The molecule has 1 heterocycles. The summed E-state index contributed by atoms with van der Waals surface area (Å²) in [7, 11) is 1.52. The molecule has 0 aromatic heterocycles. The Bertz CT molecular complexity index is 1500.